The Bertz CT molecular complexity index is 609. The molecule has 3 N–H and O–H groups in total. The predicted octanol–water partition coefficient (Wildman–Crippen LogP) is 1.67. The molecular weight excluding hydrogens is 254 g/mol. The molecule has 1 unspecified atom stereocenters. The van der Waals surface area contributed by atoms with Crippen LogP contribution in [0.4, 0.5) is 0 Å². The molecule has 2 amide bonds. The molecule has 0 bridgehead atoms. The first kappa shape index (κ1) is 13.7. The summed E-state index contributed by atoms with van der Waals surface area (Å²) < 4.78 is 0. The summed E-state index contributed by atoms with van der Waals surface area (Å²) in [5, 5.41) is 2.88. The Kier molecular flexibility index (Phi) is 4.10. The predicted molar refractivity (Wildman–Crippen MR) is 75.1 cm³/mol. The lowest BCUT2D eigenvalue weighted by atomic mass is 10.1. The van der Waals surface area contributed by atoms with Crippen LogP contribution in [0.15, 0.2) is 48.8 Å². The van der Waals surface area contributed by atoms with Crippen molar-refractivity contribution in [1.29, 1.82) is 0 Å². The number of primary amides is 1. The maximum atomic E-state index is 12.1. The highest BCUT2D eigenvalue weighted by Gasteiger charge is 2.11. The molecule has 5 nitrogen and oxygen atoms in total. The zero-order valence-corrected chi connectivity index (χ0v) is 11.0. The Balaban J connectivity index is 2.06. The number of hydrogen-bond acceptors (Lipinski definition) is 3. The van der Waals surface area contributed by atoms with Crippen LogP contribution in [-0.2, 0) is 0 Å². The second-order valence-corrected chi connectivity index (χ2v) is 4.42. The molecule has 0 aliphatic carbocycles. The van der Waals surface area contributed by atoms with Crippen molar-refractivity contribution in [2.75, 3.05) is 0 Å². The van der Waals surface area contributed by atoms with Crippen LogP contribution in [0.5, 0.6) is 0 Å². The molecule has 1 aromatic carbocycles. The lowest BCUT2D eigenvalue weighted by molar-refractivity contribution is 0.0937. The lowest BCUT2D eigenvalue weighted by Gasteiger charge is -2.14. The molecule has 0 aliphatic rings. The summed E-state index contributed by atoms with van der Waals surface area (Å²) in [6.45, 7) is 1.89. The van der Waals surface area contributed by atoms with E-state index in [-0.39, 0.29) is 11.9 Å². The van der Waals surface area contributed by atoms with Gasteiger partial charge in [-0.05, 0) is 48.9 Å². The highest BCUT2D eigenvalue weighted by Crippen LogP contribution is 2.12. The summed E-state index contributed by atoms with van der Waals surface area (Å²) in [5.74, 6) is -0.715. The summed E-state index contributed by atoms with van der Waals surface area (Å²) in [4.78, 5) is 27.0. The molecule has 1 atom stereocenters. The molecule has 0 fully saturated rings. The number of rotatable bonds is 4. The van der Waals surface area contributed by atoms with Crippen LogP contribution in [0.1, 0.15) is 39.2 Å². The second-order valence-electron chi connectivity index (χ2n) is 4.42. The Labute approximate surface area is 116 Å². The van der Waals surface area contributed by atoms with E-state index in [9.17, 15) is 9.59 Å². The van der Waals surface area contributed by atoms with Gasteiger partial charge < -0.3 is 11.1 Å². The molecule has 0 spiro atoms. The van der Waals surface area contributed by atoms with E-state index in [0.29, 0.717) is 11.1 Å². The average molecular weight is 269 g/mol. The normalized spacial score (nSPS) is 11.7. The van der Waals surface area contributed by atoms with Crippen molar-refractivity contribution in [3.05, 3.63) is 65.5 Å². The largest absolute Gasteiger partial charge is 0.366 e. The molecule has 0 aliphatic heterocycles. The van der Waals surface area contributed by atoms with E-state index >= 15 is 0 Å². The van der Waals surface area contributed by atoms with Gasteiger partial charge in [-0.15, -0.1) is 0 Å². The number of carbonyl (C=O) groups excluding carboxylic acids is 2. The lowest BCUT2D eigenvalue weighted by Crippen LogP contribution is -2.26. The van der Waals surface area contributed by atoms with Crippen molar-refractivity contribution in [3.63, 3.8) is 0 Å². The van der Waals surface area contributed by atoms with Crippen molar-refractivity contribution in [3.8, 4) is 0 Å². The number of carbonyl (C=O) groups is 2. The van der Waals surface area contributed by atoms with Crippen molar-refractivity contribution >= 4 is 11.8 Å². The van der Waals surface area contributed by atoms with Gasteiger partial charge >= 0.3 is 0 Å². The van der Waals surface area contributed by atoms with Crippen molar-refractivity contribution < 1.29 is 9.59 Å². The molecule has 5 heteroatoms. The van der Waals surface area contributed by atoms with Gasteiger partial charge in [0.05, 0.1) is 6.04 Å². The van der Waals surface area contributed by atoms with E-state index < -0.39 is 5.91 Å². The van der Waals surface area contributed by atoms with E-state index in [1.54, 1.807) is 24.5 Å². The van der Waals surface area contributed by atoms with E-state index in [1.165, 1.54) is 12.1 Å². The highest BCUT2D eigenvalue weighted by atomic mass is 16.2. The molecule has 1 heterocycles. The highest BCUT2D eigenvalue weighted by molar-refractivity contribution is 5.97. The minimum absolute atomic E-state index is 0.124. The second kappa shape index (κ2) is 5.97. The van der Waals surface area contributed by atoms with Crippen molar-refractivity contribution in [2.24, 2.45) is 5.73 Å². The quantitative estimate of drug-likeness (QED) is 0.885. The van der Waals surface area contributed by atoms with Gasteiger partial charge in [-0.3, -0.25) is 14.6 Å². The molecule has 102 valence electrons. The van der Waals surface area contributed by atoms with Crippen molar-refractivity contribution in [1.82, 2.24) is 10.3 Å². The molecule has 0 radical (unpaired) electrons. The topological polar surface area (TPSA) is 85.1 Å². The first-order chi connectivity index (χ1) is 9.58. The number of nitrogens with one attached hydrogen (secondary N) is 1. The fraction of sp³-hybridized carbons (Fsp3) is 0.133. The molecular formula is C15H15N3O2. The minimum Gasteiger partial charge on any atom is -0.366 e. The van der Waals surface area contributed by atoms with Crippen LogP contribution < -0.4 is 11.1 Å². The van der Waals surface area contributed by atoms with Gasteiger partial charge in [0.25, 0.3) is 5.91 Å². The summed E-state index contributed by atoms with van der Waals surface area (Å²) in [6.07, 6.45) is 3.36. The Morgan fingerprint density at radius 2 is 1.60 bits per heavy atom. The average Bonchev–Trinajstić information content (AvgIpc) is 2.48. The zero-order valence-electron chi connectivity index (χ0n) is 11.0. The van der Waals surface area contributed by atoms with E-state index in [4.69, 9.17) is 5.73 Å². The Morgan fingerprint density at radius 3 is 2.15 bits per heavy atom. The number of aromatic nitrogens is 1. The fourth-order valence-corrected chi connectivity index (χ4v) is 1.80. The number of nitrogens with two attached hydrogens (primary N) is 1. The van der Waals surface area contributed by atoms with Crippen LogP contribution in [-0.4, -0.2) is 16.8 Å². The summed E-state index contributed by atoms with van der Waals surface area (Å²) >= 11 is 0. The van der Waals surface area contributed by atoms with Gasteiger partial charge in [0, 0.05) is 23.5 Å². The maximum Gasteiger partial charge on any atom is 0.251 e. The van der Waals surface area contributed by atoms with Crippen LogP contribution in [0, 0.1) is 0 Å². The Morgan fingerprint density at radius 1 is 1.05 bits per heavy atom. The smallest absolute Gasteiger partial charge is 0.251 e. The first-order valence-electron chi connectivity index (χ1n) is 6.18. The van der Waals surface area contributed by atoms with E-state index in [2.05, 4.69) is 10.3 Å². The monoisotopic (exact) mass is 269 g/mol. The van der Waals surface area contributed by atoms with E-state index in [1.807, 2.05) is 19.1 Å². The molecule has 0 saturated heterocycles. The summed E-state index contributed by atoms with van der Waals surface area (Å²) in [7, 11) is 0. The van der Waals surface area contributed by atoms with Gasteiger partial charge in [-0.1, -0.05) is 0 Å². The molecule has 20 heavy (non-hydrogen) atoms. The van der Waals surface area contributed by atoms with Crippen LogP contribution in [0.3, 0.4) is 0 Å². The van der Waals surface area contributed by atoms with Crippen LogP contribution in [0.2, 0.25) is 0 Å². The molecule has 2 rings (SSSR count). The van der Waals surface area contributed by atoms with Crippen LogP contribution in [0.25, 0.3) is 0 Å². The van der Waals surface area contributed by atoms with Gasteiger partial charge in [0.15, 0.2) is 0 Å². The summed E-state index contributed by atoms with van der Waals surface area (Å²) in [5.41, 5.74) is 6.99. The van der Waals surface area contributed by atoms with Gasteiger partial charge in [-0.25, -0.2) is 0 Å². The Hall–Kier alpha value is -2.69. The van der Waals surface area contributed by atoms with Gasteiger partial charge in [0.2, 0.25) is 5.91 Å². The number of nitrogens with zero attached hydrogens (tertiary/aromatic N) is 1. The third-order valence-electron chi connectivity index (χ3n) is 2.99. The fourth-order valence-electron chi connectivity index (χ4n) is 1.80. The molecule has 2 aromatic rings. The number of benzene rings is 1. The maximum absolute atomic E-state index is 12.1. The number of pyridine rings is 1. The third-order valence-corrected chi connectivity index (χ3v) is 2.99. The van der Waals surface area contributed by atoms with Gasteiger partial charge in [0.1, 0.15) is 0 Å². The summed E-state index contributed by atoms with van der Waals surface area (Å²) in [6, 6.07) is 9.80. The van der Waals surface area contributed by atoms with Gasteiger partial charge in [-0.2, -0.15) is 0 Å². The van der Waals surface area contributed by atoms with E-state index in [0.717, 1.165) is 5.56 Å². The van der Waals surface area contributed by atoms with Crippen molar-refractivity contribution in [2.45, 2.75) is 13.0 Å². The third kappa shape index (κ3) is 3.20. The zero-order chi connectivity index (χ0) is 14.5. The number of amides is 2. The minimum atomic E-state index is -0.512. The first-order valence-corrected chi connectivity index (χ1v) is 6.18. The molecule has 0 saturated carbocycles. The number of hydrogen-bond donors (Lipinski definition) is 2. The molecule has 1 aromatic heterocycles. The van der Waals surface area contributed by atoms with Crippen LogP contribution >= 0.6 is 0 Å². The SMILES string of the molecule is CC(NC(=O)c1ccc(C(N)=O)cc1)c1ccncc1. The standard InChI is InChI=1S/C15H15N3O2/c1-10(11-6-8-17-9-7-11)18-15(20)13-4-2-12(3-5-13)14(16)19/h2-10H,1H3,(H2,16,19)(H,18,20).